The molecule has 0 N–H and O–H groups in total. The molecule has 1 amide bonds. The molecule has 4 rings (SSSR count). The van der Waals surface area contributed by atoms with Crippen molar-refractivity contribution in [1.29, 1.82) is 0 Å². The molecule has 0 unspecified atom stereocenters. The summed E-state index contributed by atoms with van der Waals surface area (Å²) < 4.78 is 13.1. The smallest absolute Gasteiger partial charge is 0.282 e. The Balaban J connectivity index is 1.49. The molecule has 2 heterocycles. The van der Waals surface area contributed by atoms with Crippen LogP contribution >= 0.6 is 15.9 Å². The van der Waals surface area contributed by atoms with Crippen LogP contribution in [0, 0.1) is 0 Å². The molecule has 0 saturated carbocycles. The highest BCUT2D eigenvalue weighted by molar-refractivity contribution is 9.10. The lowest BCUT2D eigenvalue weighted by Crippen LogP contribution is -2.42. The molecule has 0 bridgehead atoms. The number of hydrogen-bond donors (Lipinski definition) is 0. The highest BCUT2D eigenvalue weighted by atomic mass is 79.9. The zero-order valence-corrected chi connectivity index (χ0v) is 20.7. The monoisotopic (exact) mass is 526 g/mol. The number of benzene rings is 2. The number of rotatable bonds is 8. The molecule has 3 aromatic rings. The molecule has 0 spiro atoms. The largest absolute Gasteiger partial charge is 0.484 e. The van der Waals surface area contributed by atoms with Gasteiger partial charge in [-0.25, -0.2) is 4.98 Å². The molecule has 0 radical (unpaired) electrons. The Morgan fingerprint density at radius 2 is 1.97 bits per heavy atom. The maximum absolute atomic E-state index is 13.1. The molecule has 1 saturated heterocycles. The second-order valence-electron chi connectivity index (χ2n) is 8.01. The van der Waals surface area contributed by atoms with Gasteiger partial charge in [-0.3, -0.25) is 9.59 Å². The molecule has 0 atom stereocenters. The first-order valence-corrected chi connectivity index (χ1v) is 12.2. The number of aryl methyl sites for hydroxylation is 1. The van der Waals surface area contributed by atoms with E-state index in [0.717, 1.165) is 22.9 Å². The molecule has 0 aliphatic carbocycles. The van der Waals surface area contributed by atoms with Gasteiger partial charge in [-0.05, 0) is 54.4 Å². The average Bonchev–Trinajstić information content (AvgIpc) is 2.87. The molecule has 178 valence electrons. The number of unbranched alkanes of at least 4 members (excludes halogenated alkanes) is 1. The zero-order valence-electron chi connectivity index (χ0n) is 19.1. The number of carbonyl (C=O) groups excluding carboxylic acids is 1. The minimum absolute atomic E-state index is 0.0120. The van der Waals surface area contributed by atoms with E-state index in [0.29, 0.717) is 55.2 Å². The molecular weight excluding hydrogens is 500 g/mol. The highest BCUT2D eigenvalue weighted by Crippen LogP contribution is 2.17. The Morgan fingerprint density at radius 3 is 2.71 bits per heavy atom. The first kappa shape index (κ1) is 24.1. The minimum atomic E-state index is -0.199. The van der Waals surface area contributed by atoms with Crippen LogP contribution < -0.4 is 10.3 Å². The number of hydrogen-bond acceptors (Lipinski definition) is 6. The van der Waals surface area contributed by atoms with E-state index in [4.69, 9.17) is 9.47 Å². The van der Waals surface area contributed by atoms with Gasteiger partial charge in [0.05, 0.1) is 30.3 Å². The predicted molar refractivity (Wildman–Crippen MR) is 135 cm³/mol. The van der Waals surface area contributed by atoms with E-state index < -0.39 is 0 Å². The van der Waals surface area contributed by atoms with Crippen molar-refractivity contribution in [3.8, 4) is 5.75 Å². The minimum Gasteiger partial charge on any atom is -0.484 e. The predicted octanol–water partition coefficient (Wildman–Crippen LogP) is 3.62. The van der Waals surface area contributed by atoms with E-state index in [1.165, 1.54) is 4.68 Å². The summed E-state index contributed by atoms with van der Waals surface area (Å²) in [6.45, 7) is 4.40. The number of aromatic nitrogens is 2. The normalized spacial score (nSPS) is 14.1. The van der Waals surface area contributed by atoms with E-state index in [2.05, 4.69) is 32.9 Å². The molecule has 1 aromatic heterocycles. The van der Waals surface area contributed by atoms with Gasteiger partial charge in [-0.1, -0.05) is 29.3 Å². The van der Waals surface area contributed by atoms with Gasteiger partial charge >= 0.3 is 0 Å². The average molecular weight is 527 g/mol. The second kappa shape index (κ2) is 11.4. The van der Waals surface area contributed by atoms with Crippen molar-refractivity contribution >= 4 is 39.0 Å². The Kier molecular flexibility index (Phi) is 8.08. The van der Waals surface area contributed by atoms with Crippen LogP contribution in [-0.2, 0) is 16.0 Å². The third-order valence-electron chi connectivity index (χ3n) is 5.56. The van der Waals surface area contributed by atoms with Gasteiger partial charge in [-0.2, -0.15) is 9.78 Å². The summed E-state index contributed by atoms with van der Waals surface area (Å²) in [6, 6.07) is 12.7. The fourth-order valence-electron chi connectivity index (χ4n) is 3.63. The number of fused-ring (bicyclic) bond motifs is 1. The number of carbonyl (C=O) groups is 1. The lowest BCUT2D eigenvalue weighted by atomic mass is 10.2. The Morgan fingerprint density at radius 1 is 1.21 bits per heavy atom. The summed E-state index contributed by atoms with van der Waals surface area (Å²) in [7, 11) is 0. The molecule has 2 aromatic carbocycles. The van der Waals surface area contributed by atoms with Crippen molar-refractivity contribution in [2.45, 2.75) is 26.2 Å². The van der Waals surface area contributed by atoms with E-state index in [9.17, 15) is 9.59 Å². The number of morpholine rings is 1. The molecule has 8 nitrogen and oxygen atoms in total. The summed E-state index contributed by atoms with van der Waals surface area (Å²) in [4.78, 5) is 31.8. The number of ether oxygens (including phenoxy) is 2. The molecule has 1 aliphatic rings. The van der Waals surface area contributed by atoms with Crippen LogP contribution in [0.3, 0.4) is 0 Å². The van der Waals surface area contributed by atoms with Crippen LogP contribution in [0.25, 0.3) is 10.9 Å². The Hall–Kier alpha value is -3.04. The van der Waals surface area contributed by atoms with Crippen molar-refractivity contribution in [2.75, 3.05) is 32.9 Å². The van der Waals surface area contributed by atoms with Gasteiger partial charge in [0.1, 0.15) is 11.6 Å². The first-order valence-electron chi connectivity index (χ1n) is 11.4. The second-order valence-corrected chi connectivity index (χ2v) is 8.92. The van der Waals surface area contributed by atoms with Gasteiger partial charge in [0.25, 0.3) is 11.5 Å². The van der Waals surface area contributed by atoms with Gasteiger partial charge in [0, 0.05) is 24.0 Å². The number of nitrogens with zero attached hydrogens (tertiary/aromatic N) is 4. The quantitative estimate of drug-likeness (QED) is 0.418. The number of halogens is 1. The molecule has 9 heteroatoms. The molecule has 34 heavy (non-hydrogen) atoms. The maximum Gasteiger partial charge on any atom is 0.282 e. The van der Waals surface area contributed by atoms with Gasteiger partial charge in [0.15, 0.2) is 6.61 Å². The standard InChI is InChI=1S/C25H27BrN4O4/c1-2-3-4-23-28-22-10-7-19(26)15-21(22)25(32)30(23)27-16-18-5-8-20(9-6-18)34-17-24(31)29-11-13-33-14-12-29/h5-10,15-16H,2-4,11-14,17H2,1H3. The van der Waals surface area contributed by atoms with Crippen molar-refractivity contribution in [3.05, 3.63) is 68.7 Å². The van der Waals surface area contributed by atoms with Crippen molar-refractivity contribution in [1.82, 2.24) is 14.6 Å². The van der Waals surface area contributed by atoms with Crippen LogP contribution in [0.1, 0.15) is 31.2 Å². The first-order chi connectivity index (χ1) is 16.5. The van der Waals surface area contributed by atoms with Crippen molar-refractivity contribution in [3.63, 3.8) is 0 Å². The summed E-state index contributed by atoms with van der Waals surface area (Å²) in [5.74, 6) is 1.18. The highest BCUT2D eigenvalue weighted by Gasteiger charge is 2.17. The van der Waals surface area contributed by atoms with E-state index in [1.807, 2.05) is 24.3 Å². The van der Waals surface area contributed by atoms with Crippen LogP contribution in [0.4, 0.5) is 0 Å². The Bertz CT molecular complexity index is 1230. The summed E-state index contributed by atoms with van der Waals surface area (Å²) in [6.07, 6.45) is 4.21. The lowest BCUT2D eigenvalue weighted by Gasteiger charge is -2.26. The van der Waals surface area contributed by atoms with E-state index in [1.54, 1.807) is 29.3 Å². The van der Waals surface area contributed by atoms with Gasteiger partial charge in [0.2, 0.25) is 0 Å². The van der Waals surface area contributed by atoms with Gasteiger partial charge in [-0.15, -0.1) is 0 Å². The molecule has 1 aliphatic heterocycles. The molecule has 1 fully saturated rings. The van der Waals surface area contributed by atoms with E-state index >= 15 is 0 Å². The Labute approximate surface area is 206 Å². The summed E-state index contributed by atoms with van der Waals surface area (Å²) in [5.41, 5.74) is 1.27. The summed E-state index contributed by atoms with van der Waals surface area (Å²) in [5, 5.41) is 4.98. The number of amides is 1. The third-order valence-corrected chi connectivity index (χ3v) is 6.05. The lowest BCUT2D eigenvalue weighted by molar-refractivity contribution is -0.137. The van der Waals surface area contributed by atoms with Crippen LogP contribution in [0.15, 0.2) is 56.8 Å². The topological polar surface area (TPSA) is 86.0 Å². The SMILES string of the molecule is CCCCc1nc2ccc(Br)cc2c(=O)n1N=Cc1ccc(OCC(=O)N2CCOCC2)cc1. The fourth-order valence-corrected chi connectivity index (χ4v) is 4.00. The maximum atomic E-state index is 13.1. The van der Waals surface area contributed by atoms with Crippen molar-refractivity contribution in [2.24, 2.45) is 5.10 Å². The fraction of sp³-hybridized carbons (Fsp3) is 0.360. The van der Waals surface area contributed by atoms with Gasteiger partial charge < -0.3 is 14.4 Å². The zero-order chi connectivity index (χ0) is 23.9. The van der Waals surface area contributed by atoms with Crippen LogP contribution in [0.5, 0.6) is 5.75 Å². The van der Waals surface area contributed by atoms with Crippen LogP contribution in [-0.4, -0.2) is 59.6 Å². The third kappa shape index (κ3) is 5.90. The van der Waals surface area contributed by atoms with E-state index in [-0.39, 0.29) is 18.1 Å². The van der Waals surface area contributed by atoms with Crippen molar-refractivity contribution < 1.29 is 14.3 Å². The molecular formula is C25H27BrN4O4. The summed E-state index contributed by atoms with van der Waals surface area (Å²) >= 11 is 3.42. The van der Waals surface area contributed by atoms with Crippen LogP contribution in [0.2, 0.25) is 0 Å².